The van der Waals surface area contributed by atoms with Crippen LogP contribution in [0.2, 0.25) is 0 Å². The molecule has 0 unspecified atom stereocenters. The Morgan fingerprint density at radius 2 is 2.31 bits per heavy atom. The first-order chi connectivity index (χ1) is 6.13. The van der Waals surface area contributed by atoms with Crippen molar-refractivity contribution >= 4 is 23.1 Å². The van der Waals surface area contributed by atoms with Gasteiger partial charge in [-0.3, -0.25) is 0 Å². The molecule has 0 aromatic carbocycles. The molecule has 1 heterocycles. The highest BCUT2D eigenvalue weighted by atomic mass is 32.2. The van der Waals surface area contributed by atoms with Gasteiger partial charge in [0.2, 0.25) is 0 Å². The third-order valence-electron chi connectivity index (χ3n) is 2.26. The first-order valence-electron chi connectivity index (χ1n) is 4.18. The fraction of sp³-hybridized carbons (Fsp3) is 0.556. The van der Waals surface area contributed by atoms with E-state index in [0.29, 0.717) is 11.3 Å². The molecule has 1 aliphatic carbocycles. The van der Waals surface area contributed by atoms with Gasteiger partial charge in [0.25, 0.3) is 5.92 Å². The zero-order chi connectivity index (χ0) is 9.47. The normalized spacial score (nSPS) is 19.9. The Morgan fingerprint density at radius 3 is 2.92 bits per heavy atom. The molecular weight excluding hydrogens is 210 g/mol. The van der Waals surface area contributed by atoms with E-state index in [-0.39, 0.29) is 6.42 Å². The molecule has 1 aromatic rings. The van der Waals surface area contributed by atoms with Gasteiger partial charge in [-0.05, 0) is 30.7 Å². The summed E-state index contributed by atoms with van der Waals surface area (Å²) in [5.74, 6) is -2.56. The predicted octanol–water partition coefficient (Wildman–Crippen LogP) is 3.90. The van der Waals surface area contributed by atoms with Gasteiger partial charge in [0.05, 0.1) is 9.09 Å². The van der Waals surface area contributed by atoms with E-state index in [1.54, 1.807) is 11.8 Å². The van der Waals surface area contributed by atoms with Crippen LogP contribution in [0.4, 0.5) is 8.78 Å². The number of thiophene rings is 1. The van der Waals surface area contributed by atoms with Crippen molar-refractivity contribution in [3.05, 3.63) is 16.5 Å². The van der Waals surface area contributed by atoms with Gasteiger partial charge in [-0.15, -0.1) is 23.1 Å². The quantitative estimate of drug-likeness (QED) is 0.647. The minimum Gasteiger partial charge on any atom is -0.200 e. The van der Waals surface area contributed by atoms with Crippen molar-refractivity contribution in [1.29, 1.82) is 0 Å². The van der Waals surface area contributed by atoms with Crippen LogP contribution in [0.5, 0.6) is 0 Å². The Bertz CT molecular complexity index is 317. The van der Waals surface area contributed by atoms with Gasteiger partial charge in [-0.2, -0.15) is 0 Å². The van der Waals surface area contributed by atoms with E-state index in [1.807, 2.05) is 12.3 Å². The molecule has 2 rings (SSSR count). The summed E-state index contributed by atoms with van der Waals surface area (Å²) in [6.45, 7) is 0. The minimum atomic E-state index is -2.56. The summed E-state index contributed by atoms with van der Waals surface area (Å²) in [6, 6.07) is 1.91. The third kappa shape index (κ3) is 1.62. The monoisotopic (exact) mass is 220 g/mol. The zero-order valence-corrected chi connectivity index (χ0v) is 8.90. The fourth-order valence-electron chi connectivity index (χ4n) is 1.61. The molecule has 0 aliphatic heterocycles. The maximum Gasteiger partial charge on any atom is 0.282 e. The number of fused-ring (bicyclic) bond motifs is 1. The molecule has 0 atom stereocenters. The van der Waals surface area contributed by atoms with Crippen LogP contribution in [-0.4, -0.2) is 6.26 Å². The Balaban J connectivity index is 2.44. The SMILES string of the molecule is CSc1cc2c(s1)C(F)(F)CCC2. The molecule has 0 saturated carbocycles. The van der Waals surface area contributed by atoms with Crippen molar-refractivity contribution in [2.45, 2.75) is 29.4 Å². The first-order valence-corrected chi connectivity index (χ1v) is 6.22. The number of halogens is 2. The van der Waals surface area contributed by atoms with Crippen LogP contribution in [0.25, 0.3) is 0 Å². The van der Waals surface area contributed by atoms with Gasteiger partial charge in [-0.25, -0.2) is 8.78 Å². The summed E-state index contributed by atoms with van der Waals surface area (Å²) in [5, 5.41) is 0. The number of hydrogen-bond acceptors (Lipinski definition) is 2. The fourth-order valence-corrected chi connectivity index (χ4v) is 3.40. The second-order valence-corrected chi connectivity index (χ2v) is 5.34. The summed E-state index contributed by atoms with van der Waals surface area (Å²) >= 11 is 2.80. The Hall–Kier alpha value is -0.0900. The molecule has 0 nitrogen and oxygen atoms in total. The van der Waals surface area contributed by atoms with Crippen LogP contribution >= 0.6 is 23.1 Å². The number of aryl methyl sites for hydroxylation is 1. The zero-order valence-electron chi connectivity index (χ0n) is 7.27. The molecule has 72 valence electrons. The smallest absolute Gasteiger partial charge is 0.200 e. The van der Waals surface area contributed by atoms with Gasteiger partial charge in [0.1, 0.15) is 0 Å². The minimum absolute atomic E-state index is 0.0222. The summed E-state index contributed by atoms with van der Waals surface area (Å²) in [6.07, 6.45) is 3.39. The Morgan fingerprint density at radius 1 is 1.54 bits per heavy atom. The van der Waals surface area contributed by atoms with Crippen LogP contribution in [0.3, 0.4) is 0 Å². The molecule has 0 amide bonds. The summed E-state index contributed by atoms with van der Waals surface area (Å²) in [4.78, 5) is 0.308. The Labute approximate surface area is 84.3 Å². The predicted molar refractivity (Wildman–Crippen MR) is 52.9 cm³/mol. The van der Waals surface area contributed by atoms with Gasteiger partial charge in [-0.1, -0.05) is 0 Å². The van der Waals surface area contributed by atoms with Crippen molar-refractivity contribution in [1.82, 2.24) is 0 Å². The highest BCUT2D eigenvalue weighted by Gasteiger charge is 2.38. The lowest BCUT2D eigenvalue weighted by Crippen LogP contribution is -2.18. The molecular formula is C9H10F2S2. The average molecular weight is 220 g/mol. The molecule has 13 heavy (non-hydrogen) atoms. The lowest BCUT2D eigenvalue weighted by Gasteiger charge is -2.21. The average Bonchev–Trinajstić information content (AvgIpc) is 2.48. The Kier molecular flexibility index (Phi) is 2.36. The topological polar surface area (TPSA) is 0 Å². The van der Waals surface area contributed by atoms with E-state index >= 15 is 0 Å². The van der Waals surface area contributed by atoms with Gasteiger partial charge < -0.3 is 0 Å². The van der Waals surface area contributed by atoms with E-state index in [0.717, 1.165) is 16.2 Å². The summed E-state index contributed by atoms with van der Waals surface area (Å²) in [5.41, 5.74) is 0.866. The van der Waals surface area contributed by atoms with Gasteiger partial charge in [0, 0.05) is 6.42 Å². The maximum absolute atomic E-state index is 13.3. The van der Waals surface area contributed by atoms with Gasteiger partial charge >= 0.3 is 0 Å². The van der Waals surface area contributed by atoms with Gasteiger partial charge in [0.15, 0.2) is 0 Å². The van der Waals surface area contributed by atoms with Crippen LogP contribution in [0.15, 0.2) is 10.3 Å². The van der Waals surface area contributed by atoms with Crippen LogP contribution in [-0.2, 0) is 12.3 Å². The van der Waals surface area contributed by atoms with E-state index in [1.165, 1.54) is 11.3 Å². The lowest BCUT2D eigenvalue weighted by atomic mass is 9.96. The van der Waals surface area contributed by atoms with Crippen molar-refractivity contribution in [2.75, 3.05) is 6.26 Å². The molecule has 0 saturated heterocycles. The van der Waals surface area contributed by atoms with Crippen molar-refractivity contribution in [3.8, 4) is 0 Å². The summed E-state index contributed by atoms with van der Waals surface area (Å²) in [7, 11) is 0. The molecule has 4 heteroatoms. The second kappa shape index (κ2) is 3.24. The molecule has 0 bridgehead atoms. The number of hydrogen-bond donors (Lipinski definition) is 0. The largest absolute Gasteiger partial charge is 0.282 e. The number of thioether (sulfide) groups is 1. The van der Waals surface area contributed by atoms with Crippen molar-refractivity contribution in [2.24, 2.45) is 0 Å². The first kappa shape index (κ1) is 9.46. The highest BCUT2D eigenvalue weighted by molar-refractivity contribution is 8.00. The second-order valence-electron chi connectivity index (χ2n) is 3.18. The third-order valence-corrected chi connectivity index (χ3v) is 4.61. The van der Waals surface area contributed by atoms with Crippen LogP contribution in [0.1, 0.15) is 23.3 Å². The van der Waals surface area contributed by atoms with Crippen LogP contribution in [0, 0.1) is 0 Å². The molecule has 0 fully saturated rings. The van der Waals surface area contributed by atoms with E-state index < -0.39 is 5.92 Å². The standard InChI is InChI=1S/C9H10F2S2/c1-12-7-5-6-3-2-4-9(10,11)8(6)13-7/h5H,2-4H2,1H3. The molecule has 1 aromatic heterocycles. The molecule has 0 radical (unpaired) electrons. The van der Waals surface area contributed by atoms with E-state index in [4.69, 9.17) is 0 Å². The van der Waals surface area contributed by atoms with Crippen molar-refractivity contribution in [3.63, 3.8) is 0 Å². The lowest BCUT2D eigenvalue weighted by molar-refractivity contribution is -0.0175. The summed E-state index contributed by atoms with van der Waals surface area (Å²) < 4.78 is 27.7. The van der Waals surface area contributed by atoms with Crippen molar-refractivity contribution < 1.29 is 8.78 Å². The molecule has 1 aliphatic rings. The number of rotatable bonds is 1. The molecule has 0 spiro atoms. The van der Waals surface area contributed by atoms with E-state index in [2.05, 4.69) is 0 Å². The molecule has 0 N–H and O–H groups in total. The number of alkyl halides is 2. The highest BCUT2D eigenvalue weighted by Crippen LogP contribution is 2.46. The maximum atomic E-state index is 13.3. The van der Waals surface area contributed by atoms with Crippen LogP contribution < -0.4 is 0 Å². The van der Waals surface area contributed by atoms with E-state index in [9.17, 15) is 8.78 Å².